The maximum absolute atomic E-state index is 12.4. The first-order valence-electron chi connectivity index (χ1n) is 9.33. The van der Waals surface area contributed by atoms with Crippen molar-refractivity contribution in [1.82, 2.24) is 15.5 Å². The van der Waals surface area contributed by atoms with Crippen LogP contribution in [0.2, 0.25) is 0 Å². The van der Waals surface area contributed by atoms with E-state index in [-0.39, 0.29) is 11.9 Å². The Labute approximate surface area is 174 Å². The molecule has 0 aliphatic carbocycles. The quantitative estimate of drug-likeness (QED) is 0.464. The minimum atomic E-state index is 0.0151. The van der Waals surface area contributed by atoms with Gasteiger partial charge >= 0.3 is 0 Å². The Morgan fingerprint density at radius 2 is 1.79 bits per heavy atom. The number of carbonyl (C=O) groups excluding carboxylic acids is 1. The molecule has 0 unspecified atom stereocenters. The first-order valence-corrected chi connectivity index (χ1v) is 11.1. The van der Waals surface area contributed by atoms with Gasteiger partial charge in [-0.1, -0.05) is 97.1 Å². The van der Waals surface area contributed by atoms with Crippen LogP contribution >= 0.6 is 23.1 Å². The second-order valence-electron chi connectivity index (χ2n) is 6.32. The lowest BCUT2D eigenvalue weighted by Crippen LogP contribution is -2.29. The highest BCUT2D eigenvalue weighted by atomic mass is 32.2. The third-order valence-corrected chi connectivity index (χ3v) is 6.15. The summed E-state index contributed by atoms with van der Waals surface area (Å²) >= 11 is 2.89. The molecule has 7 heteroatoms. The van der Waals surface area contributed by atoms with E-state index in [1.165, 1.54) is 28.7 Å². The Morgan fingerprint density at radius 1 is 1.07 bits per heavy atom. The zero-order chi connectivity index (χ0) is 19.6. The van der Waals surface area contributed by atoms with Gasteiger partial charge in [0, 0.05) is 6.54 Å². The van der Waals surface area contributed by atoms with Gasteiger partial charge in [-0.05, 0) is 17.5 Å². The van der Waals surface area contributed by atoms with E-state index in [2.05, 4.69) is 52.0 Å². The predicted octanol–water partition coefficient (Wildman–Crippen LogP) is 4.90. The average molecular weight is 413 g/mol. The molecular formula is C21H24N4OS2. The molecule has 2 N–H and O–H groups in total. The number of anilines is 1. The number of carbonyl (C=O) groups is 1. The summed E-state index contributed by atoms with van der Waals surface area (Å²) in [5.41, 5.74) is 2.33. The summed E-state index contributed by atoms with van der Waals surface area (Å²) in [6.45, 7) is 2.83. The molecule has 1 amide bonds. The molecule has 28 heavy (non-hydrogen) atoms. The molecule has 0 bridgehead atoms. The molecule has 0 spiro atoms. The van der Waals surface area contributed by atoms with Crippen molar-refractivity contribution < 1.29 is 4.79 Å². The molecule has 0 saturated heterocycles. The number of aromatic nitrogens is 2. The second-order valence-corrected chi connectivity index (χ2v) is 8.52. The fourth-order valence-electron chi connectivity index (χ4n) is 2.77. The van der Waals surface area contributed by atoms with Gasteiger partial charge < -0.3 is 10.6 Å². The highest BCUT2D eigenvalue weighted by Crippen LogP contribution is 2.26. The van der Waals surface area contributed by atoms with Gasteiger partial charge in [0.15, 0.2) is 4.34 Å². The number of amides is 1. The number of nitrogens with one attached hydrogen (secondary N) is 2. The molecule has 2 aromatic carbocycles. The highest BCUT2D eigenvalue weighted by Gasteiger charge is 2.14. The largest absolute Gasteiger partial charge is 0.356 e. The normalized spacial score (nSPS) is 11.8. The van der Waals surface area contributed by atoms with Gasteiger partial charge in [-0.25, -0.2) is 0 Å². The third kappa shape index (κ3) is 6.35. The van der Waals surface area contributed by atoms with Crippen LogP contribution in [0.1, 0.15) is 36.9 Å². The van der Waals surface area contributed by atoms with Crippen LogP contribution in [-0.4, -0.2) is 21.9 Å². The number of nitrogens with zero attached hydrogens (tertiary/aromatic N) is 2. The van der Waals surface area contributed by atoms with Gasteiger partial charge in [-0.2, -0.15) is 0 Å². The fraction of sp³-hybridized carbons (Fsp3) is 0.286. The van der Waals surface area contributed by atoms with E-state index >= 15 is 0 Å². The number of thioether (sulfide) groups is 1. The summed E-state index contributed by atoms with van der Waals surface area (Å²) in [6.07, 6.45) is 1.94. The van der Waals surface area contributed by atoms with Crippen LogP contribution in [0.25, 0.3) is 0 Å². The summed E-state index contributed by atoms with van der Waals surface area (Å²) in [7, 11) is 0. The summed E-state index contributed by atoms with van der Waals surface area (Å²) in [5, 5.41) is 15.5. The monoisotopic (exact) mass is 412 g/mol. The van der Waals surface area contributed by atoms with Crippen LogP contribution in [-0.2, 0) is 11.3 Å². The van der Waals surface area contributed by atoms with E-state index in [0.717, 1.165) is 27.9 Å². The molecule has 0 fully saturated rings. The van der Waals surface area contributed by atoms with Gasteiger partial charge in [0.1, 0.15) is 0 Å². The standard InChI is InChI=1S/C21H24N4OS2/c1-2-9-18(17-12-7-4-8-13-17)23-19(26)15-27-21-25-24-20(28-21)22-14-16-10-5-3-6-11-16/h3-8,10-13,18H,2,9,14-15H2,1H3,(H,22,24)(H,23,26)/t18-/m1/s1. The third-order valence-electron chi connectivity index (χ3n) is 4.13. The van der Waals surface area contributed by atoms with Crippen LogP contribution in [0.15, 0.2) is 65.0 Å². The van der Waals surface area contributed by atoms with Crippen molar-refractivity contribution in [1.29, 1.82) is 0 Å². The smallest absolute Gasteiger partial charge is 0.230 e. The molecule has 1 atom stereocenters. The number of rotatable bonds is 10. The minimum absolute atomic E-state index is 0.0151. The van der Waals surface area contributed by atoms with Gasteiger partial charge in [0.05, 0.1) is 11.8 Å². The molecule has 0 aliphatic heterocycles. The molecule has 1 heterocycles. The number of benzene rings is 2. The van der Waals surface area contributed by atoms with Crippen molar-refractivity contribution in [2.75, 3.05) is 11.1 Å². The molecule has 0 aliphatic rings. The SMILES string of the molecule is CCC[C@@H](NC(=O)CSc1nnc(NCc2ccccc2)s1)c1ccccc1. The van der Waals surface area contributed by atoms with Crippen molar-refractivity contribution in [3.63, 3.8) is 0 Å². The van der Waals surface area contributed by atoms with Gasteiger partial charge in [0.2, 0.25) is 11.0 Å². The first kappa shape index (κ1) is 20.4. The van der Waals surface area contributed by atoms with E-state index in [0.29, 0.717) is 12.3 Å². The zero-order valence-electron chi connectivity index (χ0n) is 15.8. The lowest BCUT2D eigenvalue weighted by molar-refractivity contribution is -0.119. The molecule has 1 aromatic heterocycles. The lowest BCUT2D eigenvalue weighted by Gasteiger charge is -2.18. The molecule has 3 aromatic rings. The topological polar surface area (TPSA) is 66.9 Å². The first-order chi connectivity index (χ1) is 13.7. The minimum Gasteiger partial charge on any atom is -0.356 e. The molecule has 3 rings (SSSR count). The van der Waals surface area contributed by atoms with Crippen LogP contribution in [0.4, 0.5) is 5.13 Å². The Bertz CT molecular complexity index is 855. The molecule has 0 radical (unpaired) electrons. The van der Waals surface area contributed by atoms with E-state index < -0.39 is 0 Å². The van der Waals surface area contributed by atoms with E-state index in [9.17, 15) is 4.79 Å². The van der Waals surface area contributed by atoms with Crippen molar-refractivity contribution in [3.8, 4) is 0 Å². The van der Waals surface area contributed by atoms with Crippen LogP contribution in [0, 0.1) is 0 Å². The van der Waals surface area contributed by atoms with Crippen LogP contribution < -0.4 is 10.6 Å². The van der Waals surface area contributed by atoms with Crippen LogP contribution in [0.3, 0.4) is 0 Å². The summed E-state index contributed by atoms with van der Waals surface area (Å²) in [6, 6.07) is 20.3. The Kier molecular flexibility index (Phi) is 7.87. The highest BCUT2D eigenvalue weighted by molar-refractivity contribution is 8.01. The van der Waals surface area contributed by atoms with E-state index in [1.54, 1.807) is 0 Å². The van der Waals surface area contributed by atoms with Crippen molar-refractivity contribution in [2.45, 2.75) is 36.7 Å². The molecule has 0 saturated carbocycles. The molecule has 5 nitrogen and oxygen atoms in total. The van der Waals surface area contributed by atoms with Crippen molar-refractivity contribution in [3.05, 3.63) is 71.8 Å². The Balaban J connectivity index is 1.47. The second kappa shape index (κ2) is 10.8. The predicted molar refractivity (Wildman–Crippen MR) is 117 cm³/mol. The number of hydrogen-bond donors (Lipinski definition) is 2. The maximum atomic E-state index is 12.4. The Morgan fingerprint density at radius 3 is 2.50 bits per heavy atom. The van der Waals surface area contributed by atoms with Crippen molar-refractivity contribution >= 4 is 34.1 Å². The summed E-state index contributed by atoms with van der Waals surface area (Å²) in [4.78, 5) is 12.4. The van der Waals surface area contributed by atoms with E-state index in [4.69, 9.17) is 0 Å². The molecule has 146 valence electrons. The molecular weight excluding hydrogens is 388 g/mol. The summed E-state index contributed by atoms with van der Waals surface area (Å²) < 4.78 is 0.789. The van der Waals surface area contributed by atoms with Crippen LogP contribution in [0.5, 0.6) is 0 Å². The Hall–Kier alpha value is -2.38. The van der Waals surface area contributed by atoms with Gasteiger partial charge in [-0.15, -0.1) is 10.2 Å². The average Bonchev–Trinajstić information content (AvgIpc) is 3.20. The maximum Gasteiger partial charge on any atom is 0.230 e. The number of hydrogen-bond acceptors (Lipinski definition) is 6. The van der Waals surface area contributed by atoms with Gasteiger partial charge in [-0.3, -0.25) is 4.79 Å². The summed E-state index contributed by atoms with van der Waals surface area (Å²) in [5.74, 6) is 0.349. The van der Waals surface area contributed by atoms with E-state index in [1.807, 2.05) is 36.4 Å². The van der Waals surface area contributed by atoms with Gasteiger partial charge in [0.25, 0.3) is 0 Å². The fourth-order valence-corrected chi connectivity index (χ4v) is 4.33. The zero-order valence-corrected chi connectivity index (χ0v) is 17.4. The lowest BCUT2D eigenvalue weighted by atomic mass is 10.0. The van der Waals surface area contributed by atoms with Crippen molar-refractivity contribution in [2.24, 2.45) is 0 Å².